The van der Waals surface area contributed by atoms with E-state index in [9.17, 15) is 5.11 Å². The van der Waals surface area contributed by atoms with Gasteiger partial charge in [0, 0.05) is 11.1 Å². The summed E-state index contributed by atoms with van der Waals surface area (Å²) in [6.07, 6.45) is -0.704. The van der Waals surface area contributed by atoms with E-state index in [4.69, 9.17) is 5.11 Å². The Morgan fingerprint density at radius 1 is 1.41 bits per heavy atom. The number of hydrogen-bond donors (Lipinski definition) is 2. The Labute approximate surface area is 108 Å². The number of thiophene rings is 1. The predicted octanol–water partition coefficient (Wildman–Crippen LogP) is 1.75. The van der Waals surface area contributed by atoms with Crippen molar-refractivity contribution in [3.63, 3.8) is 0 Å². The summed E-state index contributed by atoms with van der Waals surface area (Å²) < 4.78 is 0. The van der Waals surface area contributed by atoms with Gasteiger partial charge in [-0.25, -0.2) is 9.97 Å². The third kappa shape index (κ3) is 2.77. The van der Waals surface area contributed by atoms with Gasteiger partial charge in [-0.15, -0.1) is 23.1 Å². The highest BCUT2D eigenvalue weighted by Crippen LogP contribution is 2.32. The molecule has 0 amide bonds. The van der Waals surface area contributed by atoms with Crippen LogP contribution >= 0.6 is 23.1 Å². The third-order valence-electron chi connectivity index (χ3n) is 2.32. The Kier molecular flexibility index (Phi) is 3.98. The number of aliphatic hydroxyl groups excluding tert-OH is 2. The van der Waals surface area contributed by atoms with E-state index in [0.717, 1.165) is 26.6 Å². The van der Waals surface area contributed by atoms with Crippen LogP contribution in [0.15, 0.2) is 10.4 Å². The molecule has 2 heterocycles. The summed E-state index contributed by atoms with van der Waals surface area (Å²) in [6, 6.07) is 0. The summed E-state index contributed by atoms with van der Waals surface area (Å²) in [5.74, 6) is 1.18. The van der Waals surface area contributed by atoms with Crippen LogP contribution in [0.25, 0.3) is 10.2 Å². The Hall–Kier alpha value is -0.690. The SMILES string of the molecule is Cc1nc(SC[C@@H](O)CO)c2c(C)csc2n1. The van der Waals surface area contributed by atoms with Crippen LogP contribution in [0.4, 0.5) is 0 Å². The van der Waals surface area contributed by atoms with Crippen molar-refractivity contribution in [3.05, 3.63) is 16.8 Å². The zero-order valence-electron chi connectivity index (χ0n) is 9.67. The Balaban J connectivity index is 2.34. The maximum Gasteiger partial charge on any atom is 0.128 e. The van der Waals surface area contributed by atoms with Gasteiger partial charge in [-0.1, -0.05) is 0 Å². The number of thioether (sulfide) groups is 1. The van der Waals surface area contributed by atoms with Crippen LogP contribution < -0.4 is 0 Å². The van der Waals surface area contributed by atoms with E-state index >= 15 is 0 Å². The van der Waals surface area contributed by atoms with Crippen molar-refractivity contribution in [1.82, 2.24) is 9.97 Å². The van der Waals surface area contributed by atoms with Gasteiger partial charge in [0.05, 0.1) is 12.7 Å². The van der Waals surface area contributed by atoms with Crippen molar-refractivity contribution in [2.24, 2.45) is 0 Å². The standard InChI is InChI=1S/C11H14N2O2S2/c1-6-4-16-10-9(6)11(13-7(2)12-10)17-5-8(15)3-14/h4,8,14-15H,3,5H2,1-2H3/t8-/m0/s1. The van der Waals surface area contributed by atoms with E-state index in [-0.39, 0.29) is 6.61 Å². The molecule has 0 fully saturated rings. The summed E-state index contributed by atoms with van der Waals surface area (Å²) in [7, 11) is 0. The first-order valence-corrected chi connectivity index (χ1v) is 7.12. The van der Waals surface area contributed by atoms with Gasteiger partial charge in [-0.3, -0.25) is 0 Å². The molecule has 2 aromatic rings. The molecule has 92 valence electrons. The van der Waals surface area contributed by atoms with E-state index in [1.165, 1.54) is 11.8 Å². The molecule has 2 N–H and O–H groups in total. The molecule has 0 aliphatic rings. The summed E-state index contributed by atoms with van der Waals surface area (Å²) in [5.41, 5.74) is 1.16. The second-order valence-electron chi connectivity index (χ2n) is 3.82. The molecule has 6 heteroatoms. The molecule has 2 rings (SSSR count). The fourth-order valence-electron chi connectivity index (χ4n) is 1.48. The van der Waals surface area contributed by atoms with Crippen molar-refractivity contribution >= 4 is 33.3 Å². The summed E-state index contributed by atoms with van der Waals surface area (Å²) >= 11 is 3.07. The summed E-state index contributed by atoms with van der Waals surface area (Å²) in [5, 5.41) is 22.2. The average Bonchev–Trinajstić information content (AvgIpc) is 2.67. The highest BCUT2D eigenvalue weighted by Gasteiger charge is 2.12. The maximum atomic E-state index is 9.37. The van der Waals surface area contributed by atoms with Gasteiger partial charge in [-0.2, -0.15) is 0 Å². The lowest BCUT2D eigenvalue weighted by atomic mass is 10.3. The molecule has 0 spiro atoms. The van der Waals surface area contributed by atoms with Gasteiger partial charge < -0.3 is 10.2 Å². The average molecular weight is 270 g/mol. The van der Waals surface area contributed by atoms with Crippen molar-refractivity contribution in [3.8, 4) is 0 Å². The third-order valence-corrected chi connectivity index (χ3v) is 4.43. The van der Waals surface area contributed by atoms with E-state index in [0.29, 0.717) is 5.75 Å². The smallest absolute Gasteiger partial charge is 0.128 e. The van der Waals surface area contributed by atoms with E-state index in [2.05, 4.69) is 15.3 Å². The maximum absolute atomic E-state index is 9.37. The van der Waals surface area contributed by atoms with E-state index < -0.39 is 6.10 Å². The largest absolute Gasteiger partial charge is 0.394 e. The van der Waals surface area contributed by atoms with Crippen LogP contribution in [0.1, 0.15) is 11.4 Å². The number of aromatic nitrogens is 2. The molecule has 0 aliphatic heterocycles. The van der Waals surface area contributed by atoms with Gasteiger partial charge in [0.1, 0.15) is 15.7 Å². The zero-order valence-corrected chi connectivity index (χ0v) is 11.3. The normalized spacial score (nSPS) is 13.2. The molecule has 2 aromatic heterocycles. The molecule has 0 bridgehead atoms. The fourth-order valence-corrected chi connectivity index (χ4v) is 3.57. The first kappa shape index (κ1) is 12.8. The number of hydrogen-bond acceptors (Lipinski definition) is 6. The van der Waals surface area contributed by atoms with Crippen LogP contribution in [0.5, 0.6) is 0 Å². The van der Waals surface area contributed by atoms with Crippen LogP contribution in [0.3, 0.4) is 0 Å². The van der Waals surface area contributed by atoms with Gasteiger partial charge >= 0.3 is 0 Å². The van der Waals surface area contributed by atoms with Gasteiger partial charge in [0.15, 0.2) is 0 Å². The zero-order chi connectivity index (χ0) is 12.4. The summed E-state index contributed by atoms with van der Waals surface area (Å²) in [4.78, 5) is 9.78. The molecular weight excluding hydrogens is 256 g/mol. The molecule has 0 radical (unpaired) electrons. The minimum atomic E-state index is -0.704. The first-order chi connectivity index (χ1) is 8.11. The van der Waals surface area contributed by atoms with E-state index in [1.807, 2.05) is 13.8 Å². The second-order valence-corrected chi connectivity index (χ2v) is 5.69. The number of fused-ring (bicyclic) bond motifs is 1. The molecule has 1 atom stereocenters. The molecule has 0 aliphatic carbocycles. The number of aliphatic hydroxyl groups is 2. The highest BCUT2D eigenvalue weighted by molar-refractivity contribution is 7.99. The topological polar surface area (TPSA) is 66.2 Å². The lowest BCUT2D eigenvalue weighted by Gasteiger charge is -2.07. The van der Waals surface area contributed by atoms with Gasteiger partial charge in [-0.05, 0) is 24.8 Å². The van der Waals surface area contributed by atoms with Crippen molar-refractivity contribution in [1.29, 1.82) is 0 Å². The van der Waals surface area contributed by atoms with Crippen molar-refractivity contribution in [2.45, 2.75) is 25.0 Å². The molecule has 0 saturated carbocycles. The first-order valence-electron chi connectivity index (χ1n) is 5.26. The van der Waals surface area contributed by atoms with Crippen LogP contribution in [0.2, 0.25) is 0 Å². The Bertz CT molecular complexity index is 527. The molecule has 0 unspecified atom stereocenters. The highest BCUT2D eigenvalue weighted by atomic mass is 32.2. The lowest BCUT2D eigenvalue weighted by molar-refractivity contribution is 0.113. The second kappa shape index (κ2) is 5.30. The molecular formula is C11H14N2O2S2. The predicted molar refractivity (Wildman–Crippen MR) is 70.7 cm³/mol. The summed E-state index contributed by atoms with van der Waals surface area (Å²) in [6.45, 7) is 3.67. The molecule has 0 aromatic carbocycles. The minimum absolute atomic E-state index is 0.219. The van der Waals surface area contributed by atoms with Crippen LogP contribution in [-0.4, -0.2) is 38.6 Å². The van der Waals surface area contributed by atoms with Crippen molar-refractivity contribution < 1.29 is 10.2 Å². The van der Waals surface area contributed by atoms with Crippen LogP contribution in [0, 0.1) is 13.8 Å². The Morgan fingerprint density at radius 2 is 2.18 bits per heavy atom. The monoisotopic (exact) mass is 270 g/mol. The fraction of sp³-hybridized carbons (Fsp3) is 0.455. The quantitative estimate of drug-likeness (QED) is 0.654. The van der Waals surface area contributed by atoms with Crippen molar-refractivity contribution in [2.75, 3.05) is 12.4 Å². The van der Waals surface area contributed by atoms with E-state index in [1.54, 1.807) is 11.3 Å². The van der Waals surface area contributed by atoms with Gasteiger partial charge in [0.25, 0.3) is 0 Å². The molecule has 17 heavy (non-hydrogen) atoms. The number of rotatable bonds is 4. The van der Waals surface area contributed by atoms with Crippen LogP contribution in [-0.2, 0) is 0 Å². The van der Waals surface area contributed by atoms with Gasteiger partial charge in [0.2, 0.25) is 0 Å². The molecule has 4 nitrogen and oxygen atoms in total. The minimum Gasteiger partial charge on any atom is -0.394 e. The number of aryl methyl sites for hydroxylation is 2. The number of nitrogens with zero attached hydrogens (tertiary/aromatic N) is 2. The molecule has 0 saturated heterocycles. The Morgan fingerprint density at radius 3 is 2.88 bits per heavy atom. The lowest BCUT2D eigenvalue weighted by Crippen LogP contribution is -2.14.